The van der Waals surface area contributed by atoms with Gasteiger partial charge in [-0.3, -0.25) is 9.59 Å². The summed E-state index contributed by atoms with van der Waals surface area (Å²) in [5.74, 6) is -0.235. The molecule has 2 heterocycles. The average molecular weight is 450 g/mol. The molecule has 1 aromatic carbocycles. The number of hydrogen-bond donors (Lipinski definition) is 2. The smallest absolute Gasteiger partial charge is 0.251 e. The molecular weight excluding hydrogens is 422 g/mol. The van der Waals surface area contributed by atoms with Gasteiger partial charge in [0.15, 0.2) is 0 Å². The minimum absolute atomic E-state index is 0.0727. The molecule has 7 nitrogen and oxygen atoms in total. The maximum atomic E-state index is 12.9. The van der Waals surface area contributed by atoms with Crippen LogP contribution in [0.3, 0.4) is 0 Å². The van der Waals surface area contributed by atoms with Crippen molar-refractivity contribution in [1.82, 2.24) is 14.9 Å². The number of amides is 2. The summed E-state index contributed by atoms with van der Waals surface area (Å²) in [6.45, 7) is 4.55. The lowest BCUT2D eigenvalue weighted by Crippen LogP contribution is -2.49. The molecule has 0 spiro atoms. The first-order valence-electron chi connectivity index (χ1n) is 10.1. The number of hydrogen-bond acceptors (Lipinski definition) is 5. The number of thiophene rings is 1. The van der Waals surface area contributed by atoms with Crippen LogP contribution in [-0.2, 0) is 14.8 Å². The summed E-state index contributed by atoms with van der Waals surface area (Å²) in [6, 6.07) is 9.81. The molecule has 1 saturated heterocycles. The molecule has 9 heteroatoms. The molecular formula is C21H27N3O4S2. The van der Waals surface area contributed by atoms with Crippen LogP contribution in [-0.4, -0.2) is 44.2 Å². The second-order valence-electron chi connectivity index (χ2n) is 7.26. The van der Waals surface area contributed by atoms with E-state index in [9.17, 15) is 18.0 Å². The number of carbonyl (C=O) groups is 2. The van der Waals surface area contributed by atoms with Gasteiger partial charge in [0.2, 0.25) is 15.9 Å². The lowest BCUT2D eigenvalue weighted by atomic mass is 9.92. The molecule has 2 N–H and O–H groups in total. The summed E-state index contributed by atoms with van der Waals surface area (Å²) in [6.07, 6.45) is 1.89. The summed E-state index contributed by atoms with van der Waals surface area (Å²) < 4.78 is 26.7. The van der Waals surface area contributed by atoms with E-state index < -0.39 is 10.0 Å². The number of nitrogens with one attached hydrogen (secondary N) is 2. The third kappa shape index (κ3) is 4.91. The lowest BCUT2D eigenvalue weighted by molar-refractivity contribution is -0.122. The van der Waals surface area contributed by atoms with Gasteiger partial charge in [-0.15, -0.1) is 11.3 Å². The fourth-order valence-corrected chi connectivity index (χ4v) is 5.89. The summed E-state index contributed by atoms with van der Waals surface area (Å²) in [5.41, 5.74) is 0.401. The molecule has 1 atom stereocenters. The first kappa shape index (κ1) is 22.5. The van der Waals surface area contributed by atoms with Crippen molar-refractivity contribution in [3.05, 3.63) is 52.2 Å². The number of benzene rings is 1. The summed E-state index contributed by atoms with van der Waals surface area (Å²) in [4.78, 5) is 25.6. The number of rotatable bonds is 8. The second-order valence-corrected chi connectivity index (χ2v) is 10.2. The van der Waals surface area contributed by atoms with Gasteiger partial charge in [0, 0.05) is 23.5 Å². The maximum Gasteiger partial charge on any atom is 0.251 e. The van der Waals surface area contributed by atoms with Gasteiger partial charge in [-0.1, -0.05) is 32.8 Å². The van der Waals surface area contributed by atoms with E-state index in [1.165, 1.54) is 24.3 Å². The maximum absolute atomic E-state index is 12.9. The number of nitrogens with zero attached hydrogens (tertiary/aromatic N) is 1. The zero-order valence-corrected chi connectivity index (χ0v) is 18.8. The minimum Gasteiger partial charge on any atom is -0.354 e. The average Bonchev–Trinajstić information content (AvgIpc) is 3.28. The van der Waals surface area contributed by atoms with Crippen LogP contribution in [0.4, 0.5) is 0 Å². The Morgan fingerprint density at radius 1 is 1.20 bits per heavy atom. The minimum atomic E-state index is -3.77. The molecule has 0 aliphatic carbocycles. The Labute approximate surface area is 181 Å². The number of sulfonamides is 1. The molecule has 162 valence electrons. The molecule has 1 fully saturated rings. The van der Waals surface area contributed by atoms with Crippen LogP contribution in [0.1, 0.15) is 48.0 Å². The van der Waals surface area contributed by atoms with Crippen molar-refractivity contribution in [2.45, 2.75) is 37.6 Å². The molecule has 0 bridgehead atoms. The third-order valence-electron chi connectivity index (χ3n) is 5.41. The Balaban J connectivity index is 1.76. The highest BCUT2D eigenvalue weighted by molar-refractivity contribution is 7.89. The Hall–Kier alpha value is -2.23. The van der Waals surface area contributed by atoms with Crippen LogP contribution >= 0.6 is 11.3 Å². The first-order chi connectivity index (χ1) is 14.4. The number of piperazine rings is 1. The van der Waals surface area contributed by atoms with Gasteiger partial charge >= 0.3 is 0 Å². The van der Waals surface area contributed by atoms with E-state index in [1.807, 2.05) is 17.5 Å². The predicted molar refractivity (Wildman–Crippen MR) is 117 cm³/mol. The Bertz CT molecular complexity index is 968. The second kappa shape index (κ2) is 9.72. The monoisotopic (exact) mass is 449 g/mol. The van der Waals surface area contributed by atoms with E-state index in [1.54, 1.807) is 11.3 Å². The van der Waals surface area contributed by atoms with Crippen molar-refractivity contribution in [3.63, 3.8) is 0 Å². The van der Waals surface area contributed by atoms with Crippen molar-refractivity contribution in [1.29, 1.82) is 0 Å². The van der Waals surface area contributed by atoms with Gasteiger partial charge in [0.25, 0.3) is 5.91 Å². The summed E-state index contributed by atoms with van der Waals surface area (Å²) >= 11 is 1.62. The van der Waals surface area contributed by atoms with Gasteiger partial charge < -0.3 is 10.6 Å². The topological polar surface area (TPSA) is 95.6 Å². The van der Waals surface area contributed by atoms with Crippen LogP contribution in [0.5, 0.6) is 0 Å². The Kier molecular flexibility index (Phi) is 7.27. The highest BCUT2D eigenvalue weighted by Gasteiger charge is 2.29. The van der Waals surface area contributed by atoms with Gasteiger partial charge in [0.05, 0.1) is 17.5 Å². The quantitative estimate of drug-likeness (QED) is 0.648. The molecule has 30 heavy (non-hydrogen) atoms. The molecule has 1 aliphatic rings. The van der Waals surface area contributed by atoms with E-state index in [0.29, 0.717) is 18.0 Å². The summed E-state index contributed by atoms with van der Waals surface area (Å²) in [5, 5.41) is 7.73. The fourth-order valence-electron chi connectivity index (χ4n) is 3.62. The molecule has 0 radical (unpaired) electrons. The van der Waals surface area contributed by atoms with Gasteiger partial charge in [0.1, 0.15) is 0 Å². The van der Waals surface area contributed by atoms with E-state index in [2.05, 4.69) is 24.5 Å². The molecule has 0 saturated carbocycles. The Morgan fingerprint density at radius 2 is 1.90 bits per heavy atom. The highest BCUT2D eigenvalue weighted by Crippen LogP contribution is 2.30. The van der Waals surface area contributed by atoms with Crippen molar-refractivity contribution < 1.29 is 18.0 Å². The van der Waals surface area contributed by atoms with Crippen LogP contribution in [0, 0.1) is 5.92 Å². The molecule has 1 aliphatic heterocycles. The fraction of sp³-hybridized carbons (Fsp3) is 0.429. The van der Waals surface area contributed by atoms with Crippen LogP contribution < -0.4 is 10.6 Å². The largest absolute Gasteiger partial charge is 0.354 e. The lowest BCUT2D eigenvalue weighted by Gasteiger charge is -2.26. The zero-order chi connectivity index (χ0) is 21.7. The van der Waals surface area contributed by atoms with E-state index in [4.69, 9.17) is 0 Å². The van der Waals surface area contributed by atoms with Crippen molar-refractivity contribution in [2.24, 2.45) is 5.92 Å². The summed E-state index contributed by atoms with van der Waals surface area (Å²) in [7, 11) is -3.77. The van der Waals surface area contributed by atoms with Gasteiger partial charge in [-0.05, 0) is 41.6 Å². The first-order valence-corrected chi connectivity index (χ1v) is 12.4. The molecule has 1 aromatic heterocycles. The third-order valence-corrected chi connectivity index (χ3v) is 8.23. The van der Waals surface area contributed by atoms with Crippen molar-refractivity contribution >= 4 is 33.2 Å². The zero-order valence-electron chi connectivity index (χ0n) is 17.1. The molecule has 1 unspecified atom stereocenters. The molecule has 2 aromatic rings. The van der Waals surface area contributed by atoms with Gasteiger partial charge in [-0.2, -0.15) is 4.31 Å². The Morgan fingerprint density at radius 3 is 2.47 bits per heavy atom. The van der Waals surface area contributed by atoms with Crippen molar-refractivity contribution in [2.75, 3.05) is 19.6 Å². The molecule has 2 amide bonds. The normalized spacial score (nSPS) is 16.3. The molecule has 3 rings (SSSR count). The SMILES string of the molecule is CCC(CC)C(NC(=O)c1ccc(S(=O)(=O)N2CCNC(=O)C2)cc1)c1cccs1. The van der Waals surface area contributed by atoms with Gasteiger partial charge in [-0.25, -0.2) is 8.42 Å². The van der Waals surface area contributed by atoms with E-state index >= 15 is 0 Å². The highest BCUT2D eigenvalue weighted by atomic mass is 32.2. The van der Waals surface area contributed by atoms with E-state index in [-0.39, 0.29) is 35.8 Å². The number of carbonyl (C=O) groups excluding carboxylic acids is 2. The van der Waals surface area contributed by atoms with Crippen LogP contribution in [0.2, 0.25) is 0 Å². The van der Waals surface area contributed by atoms with Crippen LogP contribution in [0.25, 0.3) is 0 Å². The standard InChI is InChI=1S/C21H27N3O4S2/c1-3-15(4-2)20(18-6-5-13-29-18)23-21(26)16-7-9-17(10-8-16)30(27,28)24-12-11-22-19(25)14-24/h5-10,13,15,20H,3-4,11-12,14H2,1-2H3,(H,22,25)(H,23,26). The predicted octanol–water partition coefficient (Wildman–Crippen LogP) is 2.78. The van der Waals surface area contributed by atoms with E-state index in [0.717, 1.165) is 22.0 Å². The van der Waals surface area contributed by atoms with Crippen LogP contribution in [0.15, 0.2) is 46.7 Å². The van der Waals surface area contributed by atoms with Crippen molar-refractivity contribution in [3.8, 4) is 0 Å².